The lowest BCUT2D eigenvalue weighted by Gasteiger charge is -2.34. The van der Waals surface area contributed by atoms with Crippen LogP contribution in [-0.2, 0) is 23.5 Å². The van der Waals surface area contributed by atoms with E-state index in [-0.39, 0.29) is 21.7 Å². The van der Waals surface area contributed by atoms with Gasteiger partial charge in [0.2, 0.25) is 21.1 Å². The Kier molecular flexibility index (Phi) is 8.12. The monoisotopic (exact) mass is 554 g/mol. The molecule has 0 bridgehead atoms. The fraction of sp³-hybridized carbons (Fsp3) is 0.500. The van der Waals surface area contributed by atoms with Gasteiger partial charge in [0.25, 0.3) is 0 Å². The van der Waals surface area contributed by atoms with Gasteiger partial charge < -0.3 is 12.6 Å². The summed E-state index contributed by atoms with van der Waals surface area (Å²) in [4.78, 5) is 6.97. The molecule has 0 unspecified atom stereocenters. The predicted molar refractivity (Wildman–Crippen MR) is 172 cm³/mol. The largest absolute Gasteiger partial charge is 0.778 e. The highest BCUT2D eigenvalue weighted by atomic mass is 32.2. The molecule has 0 amide bonds. The summed E-state index contributed by atoms with van der Waals surface area (Å²) in [6, 6.07) is 4.68. The maximum atomic E-state index is 5.91. The van der Waals surface area contributed by atoms with Crippen molar-refractivity contribution >= 4 is 58.9 Å². The molecule has 0 spiro atoms. The molecule has 0 N–H and O–H groups in total. The van der Waals surface area contributed by atoms with Crippen LogP contribution in [0.3, 0.4) is 0 Å². The van der Waals surface area contributed by atoms with Crippen LogP contribution < -0.4 is 0 Å². The number of rotatable bonds is 2. The van der Waals surface area contributed by atoms with Gasteiger partial charge in [0.1, 0.15) is 0 Å². The zero-order valence-corrected chi connectivity index (χ0v) is 27.4. The predicted octanol–water partition coefficient (Wildman–Crippen LogP) is 10.7. The van der Waals surface area contributed by atoms with Crippen LogP contribution in [0.5, 0.6) is 0 Å². The molecule has 0 radical (unpaired) electrons. The van der Waals surface area contributed by atoms with Gasteiger partial charge in [-0.2, -0.15) is 4.91 Å². The van der Waals surface area contributed by atoms with Gasteiger partial charge in [0.05, 0.1) is 0 Å². The van der Waals surface area contributed by atoms with E-state index in [0.29, 0.717) is 0 Å². The summed E-state index contributed by atoms with van der Waals surface area (Å²) in [6.07, 6.45) is 9.11. The maximum absolute atomic E-state index is 5.91. The van der Waals surface area contributed by atoms with E-state index in [9.17, 15) is 0 Å². The molecular weight excluding hydrogens is 513 g/mol. The molecule has 0 aromatic carbocycles. The second-order valence-electron chi connectivity index (χ2n) is 14.0. The standard InChI is InChI=1S/C32H42S4/c1-29(2,3)19-13-21(35-25(15-19)31(7,8)9)17-23-27(33)24(28(23)34)18-22-14-20(30(4,5)6)16-26(36-22)32(10,11)12/h13-18H,1-12H3. The fourth-order valence-corrected chi connectivity index (χ4v) is 6.76. The van der Waals surface area contributed by atoms with Gasteiger partial charge in [0.15, 0.2) is 0 Å². The second kappa shape index (κ2) is 9.91. The Hall–Kier alpha value is -1.07. The van der Waals surface area contributed by atoms with Crippen molar-refractivity contribution in [1.29, 1.82) is 0 Å². The lowest BCUT2D eigenvalue weighted by Crippen LogP contribution is -2.19. The Balaban J connectivity index is 2.04. The van der Waals surface area contributed by atoms with Gasteiger partial charge in [0, 0.05) is 33.4 Å². The van der Waals surface area contributed by atoms with Crippen molar-refractivity contribution in [2.45, 2.75) is 93.9 Å². The number of thioether (sulfide) groups is 1. The van der Waals surface area contributed by atoms with Crippen LogP contribution in [0, 0.1) is 10.8 Å². The molecular formula is C32H42S4. The molecule has 0 saturated carbocycles. The van der Waals surface area contributed by atoms with Crippen LogP contribution in [-0.4, -0.2) is 4.86 Å². The summed E-state index contributed by atoms with van der Waals surface area (Å²) in [5.74, 6) is 0. The van der Waals surface area contributed by atoms with E-state index in [1.165, 1.54) is 30.7 Å². The minimum absolute atomic E-state index is 0.0805. The van der Waals surface area contributed by atoms with Gasteiger partial charge in [-0.25, -0.2) is 0 Å². The van der Waals surface area contributed by atoms with Gasteiger partial charge in [-0.05, 0) is 61.7 Å². The van der Waals surface area contributed by atoms with Crippen molar-refractivity contribution in [2.75, 3.05) is 0 Å². The first-order valence-electron chi connectivity index (χ1n) is 12.7. The molecule has 36 heavy (non-hydrogen) atoms. The lowest BCUT2D eigenvalue weighted by atomic mass is 9.83. The SMILES string of the molecule is CC(C)(C)C1=C/C(=C/C2=C([S-])C(=C/c3cc(C(C)(C)C)cc(C(C)(C)C)[s+]3)/C2=S)SC(C(C)(C)C)=C1. The van der Waals surface area contributed by atoms with E-state index in [1.807, 2.05) is 23.1 Å². The summed E-state index contributed by atoms with van der Waals surface area (Å²) in [7, 11) is 0. The van der Waals surface area contributed by atoms with Crippen LogP contribution in [0.1, 0.15) is 98.4 Å². The zero-order valence-electron chi connectivity index (χ0n) is 24.1. The minimum atomic E-state index is 0.0805. The highest BCUT2D eigenvalue weighted by molar-refractivity contribution is 8.07. The summed E-state index contributed by atoms with van der Waals surface area (Å²) < 4.78 is 0. The highest BCUT2D eigenvalue weighted by Crippen LogP contribution is 2.47. The summed E-state index contributed by atoms with van der Waals surface area (Å²) >= 11 is 15.5. The normalized spacial score (nSPS) is 20.1. The van der Waals surface area contributed by atoms with E-state index >= 15 is 0 Å². The fourth-order valence-electron chi connectivity index (χ4n) is 3.77. The Bertz CT molecular complexity index is 1200. The number of hydrogen-bond acceptors (Lipinski definition) is 3. The average molecular weight is 555 g/mol. The van der Waals surface area contributed by atoms with Crippen LogP contribution in [0.25, 0.3) is 6.08 Å². The van der Waals surface area contributed by atoms with E-state index in [0.717, 1.165) is 20.9 Å². The Morgan fingerprint density at radius 1 is 0.778 bits per heavy atom. The third-order valence-corrected chi connectivity index (χ3v) is 10.1. The van der Waals surface area contributed by atoms with Crippen molar-refractivity contribution in [1.82, 2.24) is 0 Å². The first-order chi connectivity index (χ1) is 16.2. The highest BCUT2D eigenvalue weighted by Gasteiger charge is 2.31. The quantitative estimate of drug-likeness (QED) is 0.154. The molecule has 4 heteroatoms. The molecule has 0 atom stereocenters. The van der Waals surface area contributed by atoms with Crippen molar-refractivity contribution in [3.8, 4) is 0 Å². The number of allylic oxidation sites excluding steroid dienone is 7. The van der Waals surface area contributed by atoms with Crippen LogP contribution in [0.4, 0.5) is 0 Å². The van der Waals surface area contributed by atoms with Crippen molar-refractivity contribution in [3.05, 3.63) is 77.1 Å². The van der Waals surface area contributed by atoms with Crippen LogP contribution >= 0.6 is 35.3 Å². The molecule has 1 aromatic heterocycles. The first kappa shape index (κ1) is 29.5. The van der Waals surface area contributed by atoms with Crippen molar-refractivity contribution in [2.24, 2.45) is 10.8 Å². The molecule has 194 valence electrons. The van der Waals surface area contributed by atoms with E-state index in [4.69, 9.17) is 24.8 Å². The first-order valence-corrected chi connectivity index (χ1v) is 15.1. The maximum Gasteiger partial charge on any atom is 0.232 e. The summed E-state index contributed by atoms with van der Waals surface area (Å²) in [5.41, 5.74) is 5.10. The minimum Gasteiger partial charge on any atom is -0.778 e. The van der Waals surface area contributed by atoms with Gasteiger partial charge >= 0.3 is 0 Å². The molecule has 3 rings (SSSR count). The topological polar surface area (TPSA) is 0 Å². The Labute approximate surface area is 239 Å². The van der Waals surface area contributed by atoms with Gasteiger partial charge in [-0.15, -0.1) is 0 Å². The van der Waals surface area contributed by atoms with Crippen LogP contribution in [0.2, 0.25) is 0 Å². The molecule has 2 aliphatic rings. The molecule has 0 nitrogen and oxygen atoms in total. The van der Waals surface area contributed by atoms with Gasteiger partial charge in [-0.1, -0.05) is 107 Å². The molecule has 0 fully saturated rings. The summed E-state index contributed by atoms with van der Waals surface area (Å²) in [6.45, 7) is 27.3. The van der Waals surface area contributed by atoms with Crippen molar-refractivity contribution in [3.63, 3.8) is 0 Å². The molecule has 2 heterocycles. The van der Waals surface area contributed by atoms with Crippen molar-refractivity contribution < 1.29 is 0 Å². The lowest BCUT2D eigenvalue weighted by molar-refractivity contribution is 0.504. The molecule has 1 aromatic rings. The smallest absolute Gasteiger partial charge is 0.232 e. The average Bonchev–Trinajstić information content (AvgIpc) is 2.72. The van der Waals surface area contributed by atoms with E-state index in [2.05, 4.69) is 120 Å². The summed E-state index contributed by atoms with van der Waals surface area (Å²) in [5, 5.41) is 0. The molecule has 1 aliphatic carbocycles. The number of thiocarbonyl (C=S) groups is 1. The zero-order chi connectivity index (χ0) is 27.4. The second-order valence-corrected chi connectivity index (χ2v) is 17.0. The number of hydrogen-bond donors (Lipinski definition) is 0. The molecule has 0 saturated heterocycles. The Morgan fingerprint density at radius 3 is 1.86 bits per heavy atom. The van der Waals surface area contributed by atoms with E-state index < -0.39 is 0 Å². The Morgan fingerprint density at radius 2 is 1.39 bits per heavy atom. The third-order valence-electron chi connectivity index (χ3n) is 6.39. The van der Waals surface area contributed by atoms with Crippen LogP contribution in [0.15, 0.2) is 61.8 Å². The molecule has 1 aliphatic heterocycles. The van der Waals surface area contributed by atoms with E-state index in [1.54, 1.807) is 0 Å². The third kappa shape index (κ3) is 6.67. The van der Waals surface area contributed by atoms with Gasteiger partial charge in [-0.3, -0.25) is 0 Å².